The van der Waals surface area contributed by atoms with Crippen molar-refractivity contribution in [1.29, 1.82) is 0 Å². The summed E-state index contributed by atoms with van der Waals surface area (Å²) in [5.74, 6) is 0.0455. The molecule has 2 saturated heterocycles. The minimum Gasteiger partial charge on any atom is -0.396 e. The zero-order chi connectivity index (χ0) is 18.7. The van der Waals surface area contributed by atoms with Crippen molar-refractivity contribution in [2.45, 2.75) is 58.0 Å². The summed E-state index contributed by atoms with van der Waals surface area (Å²) in [7, 11) is 0. The third kappa shape index (κ3) is 4.01. The zero-order valence-electron chi connectivity index (χ0n) is 15.7. The number of nitrogens with zero attached hydrogens (tertiary/aromatic N) is 2. The van der Waals surface area contributed by atoms with E-state index in [1.807, 2.05) is 30.0 Å². The number of aryl methyl sites for hydroxylation is 2. The first kappa shape index (κ1) is 18.7. The largest absolute Gasteiger partial charge is 0.396 e. The Kier molecular flexibility index (Phi) is 5.81. The van der Waals surface area contributed by atoms with Gasteiger partial charge in [0.1, 0.15) is 0 Å². The number of carbonyl (C=O) groups excluding carboxylic acids is 2. The van der Waals surface area contributed by atoms with E-state index < -0.39 is 0 Å². The Labute approximate surface area is 155 Å². The van der Waals surface area contributed by atoms with Crippen molar-refractivity contribution >= 4 is 17.6 Å². The maximum absolute atomic E-state index is 12.7. The number of piperidine rings is 1. The number of carbonyl (C=O) groups is 2. The maximum Gasteiger partial charge on any atom is 0.317 e. The second-order valence-corrected chi connectivity index (χ2v) is 7.48. The Bertz CT molecular complexity index is 674. The molecule has 0 radical (unpaired) electrons. The number of hydrogen-bond acceptors (Lipinski definition) is 3. The Morgan fingerprint density at radius 2 is 2.08 bits per heavy atom. The van der Waals surface area contributed by atoms with Crippen LogP contribution in [0.3, 0.4) is 0 Å². The lowest BCUT2D eigenvalue weighted by atomic mass is 10.00. The van der Waals surface area contributed by atoms with Gasteiger partial charge in [0.05, 0.1) is 6.04 Å². The number of anilines is 1. The van der Waals surface area contributed by atoms with Gasteiger partial charge in [0.25, 0.3) is 0 Å². The van der Waals surface area contributed by atoms with Gasteiger partial charge in [-0.2, -0.15) is 0 Å². The van der Waals surface area contributed by atoms with Crippen molar-refractivity contribution in [2.75, 3.05) is 24.6 Å². The first-order valence-corrected chi connectivity index (χ1v) is 9.55. The molecule has 2 atom stereocenters. The molecule has 0 spiro atoms. The number of nitrogens with one attached hydrogen (secondary N) is 1. The number of hydrogen-bond donors (Lipinski definition) is 2. The van der Waals surface area contributed by atoms with Crippen LogP contribution in [0.1, 0.15) is 43.2 Å². The molecule has 2 N–H and O–H groups in total. The van der Waals surface area contributed by atoms with Crippen LogP contribution in [0, 0.1) is 13.8 Å². The number of benzene rings is 1. The van der Waals surface area contributed by atoms with E-state index >= 15 is 0 Å². The van der Waals surface area contributed by atoms with Crippen LogP contribution >= 0.6 is 0 Å². The molecule has 3 amide bonds. The Morgan fingerprint density at radius 3 is 2.81 bits per heavy atom. The molecule has 142 valence electrons. The van der Waals surface area contributed by atoms with Crippen molar-refractivity contribution in [3.8, 4) is 0 Å². The fourth-order valence-corrected chi connectivity index (χ4v) is 3.92. The van der Waals surface area contributed by atoms with Crippen molar-refractivity contribution in [1.82, 2.24) is 10.2 Å². The molecule has 0 saturated carbocycles. The van der Waals surface area contributed by atoms with E-state index in [1.165, 1.54) is 5.56 Å². The molecule has 3 rings (SSSR count). The van der Waals surface area contributed by atoms with E-state index in [-0.39, 0.29) is 30.6 Å². The van der Waals surface area contributed by atoms with Crippen LogP contribution in [0.4, 0.5) is 10.5 Å². The molecule has 1 aromatic rings. The minimum atomic E-state index is -0.173. The van der Waals surface area contributed by atoms with E-state index in [2.05, 4.69) is 12.2 Å². The lowest BCUT2D eigenvalue weighted by molar-refractivity contribution is -0.117. The van der Waals surface area contributed by atoms with E-state index in [9.17, 15) is 14.7 Å². The van der Waals surface area contributed by atoms with Gasteiger partial charge >= 0.3 is 6.03 Å². The third-order valence-corrected chi connectivity index (χ3v) is 5.61. The van der Waals surface area contributed by atoms with E-state index in [4.69, 9.17) is 0 Å². The number of rotatable bonds is 4. The summed E-state index contributed by atoms with van der Waals surface area (Å²) in [6.07, 6.45) is 3.97. The van der Waals surface area contributed by atoms with Gasteiger partial charge in [0.2, 0.25) is 5.91 Å². The van der Waals surface area contributed by atoms with Crippen molar-refractivity contribution in [2.24, 2.45) is 0 Å². The molecule has 2 aliphatic rings. The van der Waals surface area contributed by atoms with Crippen LogP contribution in [-0.2, 0) is 4.79 Å². The summed E-state index contributed by atoms with van der Waals surface area (Å²) in [4.78, 5) is 28.7. The Balaban J connectivity index is 1.63. The molecule has 26 heavy (non-hydrogen) atoms. The number of urea groups is 1. The van der Waals surface area contributed by atoms with E-state index in [0.29, 0.717) is 19.4 Å². The summed E-state index contributed by atoms with van der Waals surface area (Å²) >= 11 is 0. The quantitative estimate of drug-likeness (QED) is 0.867. The number of likely N-dealkylation sites (tertiary alicyclic amines) is 1. The normalized spacial score (nSPS) is 23.4. The van der Waals surface area contributed by atoms with Crippen molar-refractivity contribution < 1.29 is 14.7 Å². The SMILES string of the molecule is Cc1ccc(N2C[C@@H](NC(=O)N3CCCC[C@H]3CCO)CC2=O)cc1C. The second kappa shape index (κ2) is 8.08. The van der Waals surface area contributed by atoms with Crippen LogP contribution in [0.15, 0.2) is 18.2 Å². The van der Waals surface area contributed by atoms with Gasteiger partial charge in [0.15, 0.2) is 0 Å². The zero-order valence-corrected chi connectivity index (χ0v) is 15.7. The molecule has 6 heteroatoms. The smallest absolute Gasteiger partial charge is 0.317 e. The van der Waals surface area contributed by atoms with Gasteiger partial charge in [0, 0.05) is 37.8 Å². The lowest BCUT2D eigenvalue weighted by Gasteiger charge is -2.36. The summed E-state index contributed by atoms with van der Waals surface area (Å²) in [5.41, 5.74) is 3.25. The standard InChI is InChI=1S/C20H29N3O3/c1-14-6-7-18(11-15(14)2)23-13-16(12-19(23)25)21-20(26)22-9-4-3-5-17(22)8-10-24/h6-7,11,16-17,24H,3-5,8-10,12-13H2,1-2H3,(H,21,26)/t16-,17-/m0/s1. The molecule has 0 bridgehead atoms. The van der Waals surface area contributed by atoms with Gasteiger partial charge in [-0.3, -0.25) is 4.79 Å². The van der Waals surface area contributed by atoms with Gasteiger partial charge in [-0.1, -0.05) is 6.07 Å². The first-order valence-electron chi connectivity index (χ1n) is 9.55. The topological polar surface area (TPSA) is 72.9 Å². The fourth-order valence-electron chi connectivity index (χ4n) is 3.92. The Morgan fingerprint density at radius 1 is 1.27 bits per heavy atom. The maximum atomic E-state index is 12.7. The van der Waals surface area contributed by atoms with Gasteiger partial charge in [-0.25, -0.2) is 4.79 Å². The lowest BCUT2D eigenvalue weighted by Crippen LogP contribution is -2.52. The minimum absolute atomic E-state index is 0.0455. The number of aliphatic hydroxyl groups excluding tert-OH is 1. The van der Waals surface area contributed by atoms with Crippen LogP contribution in [0.25, 0.3) is 0 Å². The summed E-state index contributed by atoms with van der Waals surface area (Å²) in [6, 6.07) is 5.83. The molecule has 2 heterocycles. The Hall–Kier alpha value is -2.08. The van der Waals surface area contributed by atoms with Crippen LogP contribution in [0.5, 0.6) is 0 Å². The third-order valence-electron chi connectivity index (χ3n) is 5.61. The molecule has 1 aromatic carbocycles. The molecular weight excluding hydrogens is 330 g/mol. The average molecular weight is 359 g/mol. The predicted octanol–water partition coefficient (Wildman–Crippen LogP) is 2.36. The molecule has 2 aliphatic heterocycles. The summed E-state index contributed by atoms with van der Waals surface area (Å²) < 4.78 is 0. The number of amides is 3. The van der Waals surface area contributed by atoms with Crippen LogP contribution in [-0.4, -0.2) is 53.7 Å². The molecular formula is C20H29N3O3. The van der Waals surface area contributed by atoms with E-state index in [1.54, 1.807) is 4.90 Å². The molecule has 0 aromatic heterocycles. The summed E-state index contributed by atoms with van der Waals surface area (Å²) in [6.45, 7) is 5.41. The molecule has 0 aliphatic carbocycles. The average Bonchev–Trinajstić information content (AvgIpc) is 2.98. The van der Waals surface area contributed by atoms with Crippen LogP contribution < -0.4 is 10.2 Å². The fraction of sp³-hybridized carbons (Fsp3) is 0.600. The first-order chi connectivity index (χ1) is 12.5. The van der Waals surface area contributed by atoms with Crippen LogP contribution in [0.2, 0.25) is 0 Å². The van der Waals surface area contributed by atoms with Gasteiger partial charge in [-0.05, 0) is 62.8 Å². The highest BCUT2D eigenvalue weighted by molar-refractivity contribution is 5.97. The predicted molar refractivity (Wildman–Crippen MR) is 101 cm³/mol. The molecule has 0 unspecified atom stereocenters. The van der Waals surface area contributed by atoms with Gasteiger partial charge in [-0.15, -0.1) is 0 Å². The van der Waals surface area contributed by atoms with Gasteiger partial charge < -0.3 is 20.2 Å². The summed E-state index contributed by atoms with van der Waals surface area (Å²) in [5, 5.41) is 12.3. The highest BCUT2D eigenvalue weighted by Gasteiger charge is 2.34. The molecule has 2 fully saturated rings. The monoisotopic (exact) mass is 359 g/mol. The highest BCUT2D eigenvalue weighted by Crippen LogP contribution is 2.25. The molecule has 6 nitrogen and oxygen atoms in total. The highest BCUT2D eigenvalue weighted by atomic mass is 16.3. The van der Waals surface area contributed by atoms with Crippen molar-refractivity contribution in [3.05, 3.63) is 29.3 Å². The van der Waals surface area contributed by atoms with E-state index in [0.717, 1.165) is 37.1 Å². The number of aliphatic hydroxyl groups is 1. The van der Waals surface area contributed by atoms with Crippen molar-refractivity contribution in [3.63, 3.8) is 0 Å². The second-order valence-electron chi connectivity index (χ2n) is 7.48.